The van der Waals surface area contributed by atoms with Gasteiger partial charge in [-0.1, -0.05) is 44.2 Å². The van der Waals surface area contributed by atoms with Crippen molar-refractivity contribution in [1.82, 2.24) is 9.80 Å². The predicted molar refractivity (Wildman–Crippen MR) is 86.3 cm³/mol. The lowest BCUT2D eigenvalue weighted by Gasteiger charge is -2.36. The maximum absolute atomic E-state index is 11.9. The van der Waals surface area contributed by atoms with Crippen LogP contribution in [0, 0.1) is 0 Å². The molecule has 0 N–H and O–H groups in total. The molecule has 0 aromatic heterocycles. The van der Waals surface area contributed by atoms with E-state index in [1.165, 1.54) is 0 Å². The summed E-state index contributed by atoms with van der Waals surface area (Å²) in [5.74, 6) is 0. The molecule has 2 rings (SSSR count). The maximum Gasteiger partial charge on any atom is 0.410 e. The van der Waals surface area contributed by atoms with Crippen LogP contribution in [0.25, 0.3) is 0 Å². The second-order valence-electron chi connectivity index (χ2n) is 5.16. The van der Waals surface area contributed by atoms with Crippen molar-refractivity contribution < 1.29 is 9.53 Å². The lowest BCUT2D eigenvalue weighted by molar-refractivity contribution is 0.0642. The number of amides is 1. The summed E-state index contributed by atoms with van der Waals surface area (Å²) < 4.78 is 5.33. The first kappa shape index (κ1) is 17.5. The van der Waals surface area contributed by atoms with E-state index in [-0.39, 0.29) is 6.09 Å². The fraction of sp³-hybridized carbons (Fsp3) is 0.588. The van der Waals surface area contributed by atoms with Gasteiger partial charge in [0.15, 0.2) is 0 Å². The molecule has 1 aliphatic heterocycles. The summed E-state index contributed by atoms with van der Waals surface area (Å²) in [6.07, 6.45) is -0.202. The first-order chi connectivity index (χ1) is 10.2. The van der Waals surface area contributed by atoms with Crippen LogP contribution in [0.15, 0.2) is 30.3 Å². The Hall–Kier alpha value is -1.55. The molecule has 118 valence electrons. The van der Waals surface area contributed by atoms with Crippen LogP contribution in [0.5, 0.6) is 0 Å². The third-order valence-corrected chi connectivity index (χ3v) is 3.51. The Morgan fingerprint density at radius 1 is 1.10 bits per heavy atom. The predicted octanol–water partition coefficient (Wildman–Crippen LogP) is 3.38. The smallest absolute Gasteiger partial charge is 0.410 e. The van der Waals surface area contributed by atoms with Crippen molar-refractivity contribution in [2.45, 2.75) is 40.3 Å². The second kappa shape index (κ2) is 9.40. The standard InChI is InChI=1S/C15H22N2O2.C2H6/c1-13(2)16-8-10-17(11-9-16)15(18)19-12-14-6-4-3-5-7-14;1-2/h3-7,13H,8-12H2,1-2H3;1-2H3. The van der Waals surface area contributed by atoms with Crippen LogP contribution in [-0.4, -0.2) is 48.1 Å². The number of benzene rings is 1. The van der Waals surface area contributed by atoms with Gasteiger partial charge in [0.1, 0.15) is 6.61 Å². The van der Waals surface area contributed by atoms with Gasteiger partial charge in [0, 0.05) is 32.2 Å². The normalized spacial score (nSPS) is 15.4. The molecule has 0 bridgehead atoms. The number of carbonyl (C=O) groups excluding carboxylic acids is 1. The highest BCUT2D eigenvalue weighted by Crippen LogP contribution is 2.08. The minimum absolute atomic E-state index is 0.202. The molecule has 0 aliphatic carbocycles. The van der Waals surface area contributed by atoms with Crippen molar-refractivity contribution in [3.8, 4) is 0 Å². The van der Waals surface area contributed by atoms with Gasteiger partial charge in [-0.15, -0.1) is 0 Å². The molecule has 1 saturated heterocycles. The van der Waals surface area contributed by atoms with Gasteiger partial charge in [-0.2, -0.15) is 0 Å². The monoisotopic (exact) mass is 292 g/mol. The number of piperazine rings is 1. The average molecular weight is 292 g/mol. The zero-order valence-corrected chi connectivity index (χ0v) is 13.7. The van der Waals surface area contributed by atoms with E-state index in [9.17, 15) is 4.79 Å². The molecule has 4 heteroatoms. The Morgan fingerprint density at radius 2 is 1.67 bits per heavy atom. The maximum atomic E-state index is 11.9. The summed E-state index contributed by atoms with van der Waals surface area (Å²) in [6.45, 7) is 12.1. The number of rotatable bonds is 3. The van der Waals surface area contributed by atoms with Gasteiger partial charge in [-0.25, -0.2) is 4.79 Å². The van der Waals surface area contributed by atoms with Crippen LogP contribution in [0.3, 0.4) is 0 Å². The molecule has 0 spiro atoms. The highest BCUT2D eigenvalue weighted by molar-refractivity contribution is 5.67. The van der Waals surface area contributed by atoms with Crippen molar-refractivity contribution in [2.24, 2.45) is 0 Å². The van der Waals surface area contributed by atoms with E-state index < -0.39 is 0 Å². The molecule has 0 saturated carbocycles. The fourth-order valence-corrected chi connectivity index (χ4v) is 2.23. The Kier molecular flexibility index (Phi) is 7.83. The zero-order chi connectivity index (χ0) is 15.7. The number of carbonyl (C=O) groups is 1. The molecule has 1 heterocycles. The molecule has 0 unspecified atom stereocenters. The summed E-state index contributed by atoms with van der Waals surface area (Å²) >= 11 is 0. The van der Waals surface area contributed by atoms with Gasteiger partial charge in [-0.05, 0) is 19.4 Å². The Morgan fingerprint density at radius 3 is 2.19 bits per heavy atom. The molecule has 1 amide bonds. The van der Waals surface area contributed by atoms with Crippen molar-refractivity contribution in [3.63, 3.8) is 0 Å². The third-order valence-electron chi connectivity index (χ3n) is 3.51. The molecule has 1 aromatic carbocycles. The molecule has 1 aliphatic rings. The van der Waals surface area contributed by atoms with Crippen LogP contribution in [-0.2, 0) is 11.3 Å². The number of nitrogens with zero attached hydrogens (tertiary/aromatic N) is 2. The van der Waals surface area contributed by atoms with E-state index in [0.29, 0.717) is 12.6 Å². The Labute approximate surface area is 128 Å². The van der Waals surface area contributed by atoms with Gasteiger partial charge in [0.05, 0.1) is 0 Å². The van der Waals surface area contributed by atoms with E-state index in [1.54, 1.807) is 4.90 Å². The van der Waals surface area contributed by atoms with E-state index in [0.717, 1.165) is 31.7 Å². The average Bonchev–Trinajstić information content (AvgIpc) is 2.55. The number of hydrogen-bond donors (Lipinski definition) is 0. The van der Waals surface area contributed by atoms with E-state index in [4.69, 9.17) is 4.74 Å². The largest absolute Gasteiger partial charge is 0.445 e. The van der Waals surface area contributed by atoms with Gasteiger partial charge in [-0.3, -0.25) is 4.90 Å². The molecule has 4 nitrogen and oxygen atoms in total. The quantitative estimate of drug-likeness (QED) is 0.856. The van der Waals surface area contributed by atoms with Gasteiger partial charge >= 0.3 is 6.09 Å². The Bertz CT molecular complexity index is 399. The number of hydrogen-bond acceptors (Lipinski definition) is 3. The summed E-state index contributed by atoms with van der Waals surface area (Å²) in [5, 5.41) is 0. The van der Waals surface area contributed by atoms with Gasteiger partial charge < -0.3 is 9.64 Å². The van der Waals surface area contributed by atoms with Crippen molar-refractivity contribution in [1.29, 1.82) is 0 Å². The van der Waals surface area contributed by atoms with Crippen LogP contribution in [0.4, 0.5) is 4.79 Å². The van der Waals surface area contributed by atoms with Crippen molar-refractivity contribution >= 4 is 6.09 Å². The first-order valence-electron chi connectivity index (χ1n) is 7.86. The Balaban J connectivity index is 0.00000106. The lowest BCUT2D eigenvalue weighted by Crippen LogP contribution is -2.50. The molecule has 1 aromatic rings. The van der Waals surface area contributed by atoms with E-state index in [1.807, 2.05) is 44.2 Å². The topological polar surface area (TPSA) is 32.8 Å². The van der Waals surface area contributed by atoms with Crippen LogP contribution < -0.4 is 0 Å². The lowest BCUT2D eigenvalue weighted by atomic mass is 10.2. The molecular formula is C17H28N2O2. The van der Waals surface area contributed by atoms with Crippen LogP contribution in [0.1, 0.15) is 33.3 Å². The SMILES string of the molecule is CC.CC(C)N1CCN(C(=O)OCc2ccccc2)CC1. The van der Waals surface area contributed by atoms with Crippen LogP contribution >= 0.6 is 0 Å². The second-order valence-corrected chi connectivity index (χ2v) is 5.16. The van der Waals surface area contributed by atoms with E-state index >= 15 is 0 Å². The minimum atomic E-state index is -0.202. The highest BCUT2D eigenvalue weighted by atomic mass is 16.6. The summed E-state index contributed by atoms with van der Waals surface area (Å²) in [6, 6.07) is 10.3. The van der Waals surface area contributed by atoms with Crippen molar-refractivity contribution in [3.05, 3.63) is 35.9 Å². The molecule has 0 atom stereocenters. The fourth-order valence-electron chi connectivity index (χ4n) is 2.23. The highest BCUT2D eigenvalue weighted by Gasteiger charge is 2.23. The van der Waals surface area contributed by atoms with Crippen molar-refractivity contribution in [2.75, 3.05) is 26.2 Å². The minimum Gasteiger partial charge on any atom is -0.445 e. The number of ether oxygens (including phenoxy) is 1. The molecular weight excluding hydrogens is 264 g/mol. The zero-order valence-electron chi connectivity index (χ0n) is 13.7. The molecule has 0 radical (unpaired) electrons. The summed E-state index contributed by atoms with van der Waals surface area (Å²) in [7, 11) is 0. The van der Waals surface area contributed by atoms with E-state index in [2.05, 4.69) is 18.7 Å². The summed E-state index contributed by atoms with van der Waals surface area (Å²) in [5.41, 5.74) is 1.02. The molecule has 21 heavy (non-hydrogen) atoms. The third kappa shape index (κ3) is 5.76. The van der Waals surface area contributed by atoms with Gasteiger partial charge in [0.25, 0.3) is 0 Å². The van der Waals surface area contributed by atoms with Crippen LogP contribution in [0.2, 0.25) is 0 Å². The van der Waals surface area contributed by atoms with Gasteiger partial charge in [0.2, 0.25) is 0 Å². The first-order valence-corrected chi connectivity index (χ1v) is 7.86. The summed E-state index contributed by atoms with van der Waals surface area (Å²) in [4.78, 5) is 16.1. The molecule has 1 fully saturated rings.